The molecule has 1 fully saturated rings. The highest BCUT2D eigenvalue weighted by Gasteiger charge is 2.46. The number of nitrogens with one attached hydrogen (secondary N) is 1. The largest absolute Gasteiger partial charge is 0.469 e. The number of alkyl halides is 1. The lowest BCUT2D eigenvalue weighted by Crippen LogP contribution is -2.34. The van der Waals surface area contributed by atoms with E-state index in [-0.39, 0.29) is 23.7 Å². The van der Waals surface area contributed by atoms with Crippen molar-refractivity contribution in [1.29, 1.82) is 0 Å². The van der Waals surface area contributed by atoms with Crippen LogP contribution < -0.4 is 16.7 Å². The summed E-state index contributed by atoms with van der Waals surface area (Å²) in [6.07, 6.45) is 0.827. The standard InChI is InChI=1S/C26H35FN5O10P/c1-25(2,3)22(34)38-13-40-43(37,41-14-39-23(35)26(4,5)6)18-12-31(30-29-18)11-16-19(15-7-8-15)20(27)21(42-16)32-10-9-17(33)28-24(32)36/h9-10,12,15,20-21H,7-8,11,13-14H2,1-6H3,(H,28,33,36)/t20?,21-/m1/s1. The minimum Gasteiger partial charge on any atom is -0.469 e. The summed E-state index contributed by atoms with van der Waals surface area (Å²) in [7, 11) is -4.38. The van der Waals surface area contributed by atoms with Gasteiger partial charge in [0.1, 0.15) is 12.3 Å². The maximum absolute atomic E-state index is 15.6. The van der Waals surface area contributed by atoms with Crippen LogP contribution in [-0.4, -0.2) is 56.2 Å². The van der Waals surface area contributed by atoms with Crippen molar-refractivity contribution in [2.24, 2.45) is 16.7 Å². The zero-order chi connectivity index (χ0) is 31.7. The van der Waals surface area contributed by atoms with Gasteiger partial charge in [-0.05, 0) is 60.3 Å². The van der Waals surface area contributed by atoms with E-state index in [0.29, 0.717) is 5.57 Å². The molecule has 1 aliphatic carbocycles. The molecule has 1 unspecified atom stereocenters. The topological polar surface area (TPSA) is 183 Å². The van der Waals surface area contributed by atoms with E-state index < -0.39 is 67.6 Å². The van der Waals surface area contributed by atoms with Crippen molar-refractivity contribution in [3.8, 4) is 0 Å². The smallest absolute Gasteiger partial charge is 0.388 e. The maximum atomic E-state index is 15.6. The molecule has 4 rings (SSSR count). The van der Waals surface area contributed by atoms with Gasteiger partial charge in [0.15, 0.2) is 11.6 Å². The molecule has 3 heterocycles. The van der Waals surface area contributed by atoms with Crippen LogP contribution >= 0.6 is 7.60 Å². The summed E-state index contributed by atoms with van der Waals surface area (Å²) in [6, 6.07) is 1.09. The van der Waals surface area contributed by atoms with Crippen LogP contribution in [-0.2, 0) is 44.0 Å². The third kappa shape index (κ3) is 7.67. The molecular formula is C26H35FN5O10P. The normalized spacial score (nSPS) is 19.3. The number of H-pyrrole nitrogens is 1. The highest BCUT2D eigenvalue weighted by molar-refractivity contribution is 7.61. The number of rotatable bonds is 11. The summed E-state index contributed by atoms with van der Waals surface area (Å²) in [4.78, 5) is 50.2. The van der Waals surface area contributed by atoms with Crippen molar-refractivity contribution in [3.05, 3.63) is 50.6 Å². The van der Waals surface area contributed by atoms with E-state index >= 15 is 4.39 Å². The molecule has 2 atom stereocenters. The van der Waals surface area contributed by atoms with Gasteiger partial charge in [-0.1, -0.05) is 5.21 Å². The van der Waals surface area contributed by atoms with Crippen molar-refractivity contribution in [2.45, 2.75) is 73.3 Å². The van der Waals surface area contributed by atoms with E-state index in [0.717, 1.165) is 29.7 Å². The van der Waals surface area contributed by atoms with E-state index in [1.54, 1.807) is 41.5 Å². The molecule has 1 aliphatic heterocycles. The van der Waals surface area contributed by atoms with Gasteiger partial charge < -0.3 is 14.2 Å². The van der Waals surface area contributed by atoms with Gasteiger partial charge in [-0.3, -0.25) is 37.5 Å². The Morgan fingerprint density at radius 1 is 1.07 bits per heavy atom. The summed E-state index contributed by atoms with van der Waals surface area (Å²) >= 11 is 0. The molecule has 236 valence electrons. The van der Waals surface area contributed by atoms with Gasteiger partial charge in [-0.2, -0.15) is 0 Å². The van der Waals surface area contributed by atoms with Gasteiger partial charge in [0, 0.05) is 17.8 Å². The number of carbonyl (C=O) groups excluding carboxylic acids is 2. The third-order valence-electron chi connectivity index (χ3n) is 6.44. The van der Waals surface area contributed by atoms with E-state index in [4.69, 9.17) is 23.3 Å². The highest BCUT2D eigenvalue weighted by Crippen LogP contribution is 2.49. The van der Waals surface area contributed by atoms with Crippen molar-refractivity contribution in [2.75, 3.05) is 13.6 Å². The van der Waals surface area contributed by atoms with E-state index in [1.165, 1.54) is 10.9 Å². The number of aromatic amines is 1. The summed E-state index contributed by atoms with van der Waals surface area (Å²) in [6.45, 7) is 8.08. The Balaban J connectivity index is 1.53. The summed E-state index contributed by atoms with van der Waals surface area (Å²) < 4.78 is 58.1. The zero-order valence-corrected chi connectivity index (χ0v) is 25.6. The van der Waals surface area contributed by atoms with Gasteiger partial charge >= 0.3 is 25.2 Å². The molecule has 17 heteroatoms. The van der Waals surface area contributed by atoms with E-state index in [9.17, 15) is 23.7 Å². The lowest BCUT2D eigenvalue weighted by molar-refractivity contribution is -0.161. The molecule has 2 aromatic rings. The molecule has 2 aliphatic rings. The number of nitrogens with zero attached hydrogens (tertiary/aromatic N) is 4. The molecule has 2 aromatic heterocycles. The van der Waals surface area contributed by atoms with Crippen LogP contribution in [0.3, 0.4) is 0 Å². The first-order chi connectivity index (χ1) is 20.0. The van der Waals surface area contributed by atoms with Crippen LogP contribution in [0.4, 0.5) is 4.39 Å². The number of esters is 2. The quantitative estimate of drug-likeness (QED) is 0.218. The Hall–Kier alpha value is -3.62. The highest BCUT2D eigenvalue weighted by atomic mass is 31.2. The predicted molar refractivity (Wildman–Crippen MR) is 146 cm³/mol. The van der Waals surface area contributed by atoms with Crippen LogP contribution in [0.2, 0.25) is 0 Å². The average molecular weight is 628 g/mol. The first-order valence-corrected chi connectivity index (χ1v) is 15.0. The van der Waals surface area contributed by atoms with Crippen molar-refractivity contribution >= 4 is 25.0 Å². The molecule has 0 saturated heterocycles. The second-order valence-electron chi connectivity index (χ2n) is 12.2. The van der Waals surface area contributed by atoms with Gasteiger partial charge in [-0.15, -0.1) is 5.10 Å². The molecule has 1 N–H and O–H groups in total. The van der Waals surface area contributed by atoms with Crippen molar-refractivity contribution < 1.29 is 41.8 Å². The number of carbonyl (C=O) groups is 2. The average Bonchev–Trinajstić information content (AvgIpc) is 3.52. The number of aromatic nitrogens is 5. The molecule has 0 aromatic carbocycles. The molecule has 0 spiro atoms. The Kier molecular flexibility index (Phi) is 9.14. The monoisotopic (exact) mass is 627 g/mol. The minimum absolute atomic E-state index is 0.0933. The fourth-order valence-corrected chi connectivity index (χ4v) is 5.07. The number of hydrogen-bond donors (Lipinski definition) is 1. The summed E-state index contributed by atoms with van der Waals surface area (Å²) in [5, 5.41) is 7.82. The molecule has 0 radical (unpaired) electrons. The minimum atomic E-state index is -4.38. The zero-order valence-electron chi connectivity index (χ0n) is 24.7. The van der Waals surface area contributed by atoms with Crippen LogP contribution in [0.25, 0.3) is 0 Å². The second-order valence-corrected chi connectivity index (χ2v) is 14.2. The lowest BCUT2D eigenvalue weighted by atomic mass is 9.98. The Labute approximate surface area is 245 Å². The molecule has 43 heavy (non-hydrogen) atoms. The summed E-state index contributed by atoms with van der Waals surface area (Å²) in [5.74, 6) is -1.15. The number of allylic oxidation sites excluding steroid dienone is 1. The first-order valence-electron chi connectivity index (χ1n) is 13.5. The predicted octanol–water partition coefficient (Wildman–Crippen LogP) is 2.30. The second kappa shape index (κ2) is 12.2. The van der Waals surface area contributed by atoms with Gasteiger partial charge in [0.25, 0.3) is 5.56 Å². The SMILES string of the molecule is CC(C)(C)C(=O)OCOP(=O)(OCOC(=O)C(C)(C)C)c1cn(CC2=C(C3CC3)C(F)[C@H](n3ccc(=O)[nH]c3=O)O2)nn1. The lowest BCUT2D eigenvalue weighted by Gasteiger charge is -2.20. The third-order valence-corrected chi connectivity index (χ3v) is 8.09. The van der Waals surface area contributed by atoms with Crippen LogP contribution in [0.15, 0.2) is 39.4 Å². The fraction of sp³-hybridized carbons (Fsp3) is 0.615. The molecule has 1 saturated carbocycles. The number of halogens is 1. The Bertz CT molecular complexity index is 1530. The molecule has 0 bridgehead atoms. The maximum Gasteiger partial charge on any atom is 0.388 e. The Morgan fingerprint density at radius 3 is 2.16 bits per heavy atom. The van der Waals surface area contributed by atoms with Crippen LogP contribution in [0, 0.1) is 16.7 Å². The first kappa shape index (κ1) is 32.3. The summed E-state index contributed by atoms with van der Waals surface area (Å²) in [5.41, 5.74) is -3.12. The van der Waals surface area contributed by atoms with Gasteiger partial charge in [0.2, 0.25) is 19.8 Å². The number of hydrogen-bond acceptors (Lipinski definition) is 12. The van der Waals surface area contributed by atoms with Gasteiger partial charge in [0.05, 0.1) is 17.0 Å². The Morgan fingerprint density at radius 2 is 1.65 bits per heavy atom. The molecular weight excluding hydrogens is 592 g/mol. The van der Waals surface area contributed by atoms with Gasteiger partial charge in [-0.25, -0.2) is 13.9 Å². The van der Waals surface area contributed by atoms with Crippen molar-refractivity contribution in [3.63, 3.8) is 0 Å². The van der Waals surface area contributed by atoms with E-state index in [2.05, 4.69) is 15.3 Å². The molecule has 15 nitrogen and oxygen atoms in total. The van der Waals surface area contributed by atoms with Crippen LogP contribution in [0.5, 0.6) is 0 Å². The molecule has 0 amide bonds. The fourth-order valence-electron chi connectivity index (χ4n) is 3.92. The van der Waals surface area contributed by atoms with E-state index in [1.807, 2.05) is 0 Å². The number of ether oxygens (including phenoxy) is 3. The van der Waals surface area contributed by atoms with Crippen LogP contribution in [0.1, 0.15) is 60.6 Å². The van der Waals surface area contributed by atoms with Crippen molar-refractivity contribution in [1.82, 2.24) is 24.5 Å².